The van der Waals surface area contributed by atoms with Crippen molar-refractivity contribution < 1.29 is 30.7 Å². The predicted molar refractivity (Wildman–Crippen MR) is 98.3 cm³/mol. The van der Waals surface area contributed by atoms with Crippen LogP contribution < -0.4 is 4.74 Å². The van der Waals surface area contributed by atoms with Gasteiger partial charge in [0, 0.05) is 19.2 Å². The van der Waals surface area contributed by atoms with Gasteiger partial charge in [0.1, 0.15) is 29.1 Å². The van der Waals surface area contributed by atoms with Crippen molar-refractivity contribution in [2.45, 2.75) is 23.8 Å². The van der Waals surface area contributed by atoms with Crippen LogP contribution in [0.1, 0.15) is 12.8 Å². The van der Waals surface area contributed by atoms with Gasteiger partial charge in [-0.25, -0.2) is 26.0 Å². The summed E-state index contributed by atoms with van der Waals surface area (Å²) in [6.07, 6.45) is 0.0878. The minimum absolute atomic E-state index is 0.00133. The van der Waals surface area contributed by atoms with E-state index in [9.17, 15) is 26.0 Å². The lowest BCUT2D eigenvalue weighted by Crippen LogP contribution is -2.42. The molecule has 154 valence electrons. The summed E-state index contributed by atoms with van der Waals surface area (Å²) in [6, 6.07) is 4.76. The second-order valence-corrected chi connectivity index (χ2v) is 9.35. The van der Waals surface area contributed by atoms with Crippen LogP contribution >= 0.6 is 11.3 Å². The molecule has 0 amide bonds. The number of benzene rings is 2. The number of nitrogens with zero attached hydrogens (tertiary/aromatic N) is 2. The quantitative estimate of drug-likeness (QED) is 0.567. The third-order valence-electron chi connectivity index (χ3n) is 4.58. The summed E-state index contributed by atoms with van der Waals surface area (Å²) >= 11 is 0.982. The molecule has 0 spiro atoms. The molecule has 0 radical (unpaired) electrons. The number of hydrogen-bond acceptors (Lipinski definition) is 5. The normalized spacial score (nSPS) is 16.4. The van der Waals surface area contributed by atoms with E-state index in [1.54, 1.807) is 0 Å². The molecule has 0 unspecified atom stereocenters. The van der Waals surface area contributed by atoms with Gasteiger partial charge in [-0.1, -0.05) is 17.4 Å². The van der Waals surface area contributed by atoms with Crippen molar-refractivity contribution in [2.75, 3.05) is 13.1 Å². The number of sulfonamides is 1. The van der Waals surface area contributed by atoms with Crippen molar-refractivity contribution in [3.63, 3.8) is 0 Å². The zero-order chi connectivity index (χ0) is 20.8. The standard InChI is InChI=1S/C18H14F4N2O3S2/c19-10-8-14(22)16-15(9-10)28-18(23-16)27-11-4-6-24(7-5-11)29(25,26)17-12(20)2-1-3-13(17)21/h1-3,8-9,11H,4-7H2. The van der Waals surface area contributed by atoms with Crippen molar-refractivity contribution in [2.24, 2.45) is 0 Å². The highest BCUT2D eigenvalue weighted by Crippen LogP contribution is 2.32. The molecule has 1 aromatic heterocycles. The van der Waals surface area contributed by atoms with E-state index in [4.69, 9.17) is 4.74 Å². The Morgan fingerprint density at radius 2 is 1.69 bits per heavy atom. The van der Waals surface area contributed by atoms with Gasteiger partial charge >= 0.3 is 0 Å². The maximum absolute atomic E-state index is 13.9. The molecule has 3 aromatic rings. The molecule has 2 aromatic carbocycles. The highest BCUT2D eigenvalue weighted by Gasteiger charge is 2.34. The van der Waals surface area contributed by atoms with E-state index in [0.717, 1.165) is 46.0 Å². The van der Waals surface area contributed by atoms with Gasteiger partial charge < -0.3 is 4.74 Å². The Bertz CT molecular complexity index is 1160. The van der Waals surface area contributed by atoms with Gasteiger partial charge in [-0.2, -0.15) is 9.29 Å². The highest BCUT2D eigenvalue weighted by atomic mass is 32.2. The molecular weight excluding hydrogens is 432 g/mol. The Morgan fingerprint density at radius 1 is 1.03 bits per heavy atom. The maximum atomic E-state index is 13.9. The number of fused-ring (bicyclic) bond motifs is 1. The summed E-state index contributed by atoms with van der Waals surface area (Å²) in [7, 11) is -4.33. The van der Waals surface area contributed by atoms with Crippen molar-refractivity contribution in [3.05, 3.63) is 53.6 Å². The molecule has 5 nitrogen and oxygen atoms in total. The first-order valence-corrected chi connectivity index (χ1v) is 10.9. The van der Waals surface area contributed by atoms with Crippen LogP contribution in [-0.4, -0.2) is 36.9 Å². The van der Waals surface area contributed by atoms with Gasteiger partial charge in [-0.05, 0) is 31.0 Å². The van der Waals surface area contributed by atoms with Crippen LogP contribution in [-0.2, 0) is 10.0 Å². The van der Waals surface area contributed by atoms with Crippen LogP contribution in [0.5, 0.6) is 5.19 Å². The SMILES string of the molecule is O=S(=O)(c1c(F)cccc1F)N1CCC(Oc2nc3c(F)cc(F)cc3s2)CC1. The minimum Gasteiger partial charge on any atom is -0.467 e. The number of rotatable bonds is 4. The summed E-state index contributed by atoms with van der Waals surface area (Å²) in [6.45, 7) is -0.0106. The molecule has 0 atom stereocenters. The molecule has 1 fully saturated rings. The molecule has 1 aliphatic rings. The van der Waals surface area contributed by atoms with Gasteiger partial charge in [0.15, 0.2) is 10.7 Å². The third-order valence-corrected chi connectivity index (χ3v) is 7.42. The zero-order valence-electron chi connectivity index (χ0n) is 14.7. The van der Waals surface area contributed by atoms with Crippen LogP contribution in [0.15, 0.2) is 35.2 Å². The number of ether oxygens (including phenoxy) is 1. The molecule has 0 N–H and O–H groups in total. The van der Waals surface area contributed by atoms with Crippen molar-refractivity contribution in [1.82, 2.24) is 9.29 Å². The third kappa shape index (κ3) is 3.81. The second-order valence-electron chi connectivity index (χ2n) is 6.49. The van der Waals surface area contributed by atoms with Crippen LogP contribution in [0, 0.1) is 23.3 Å². The summed E-state index contributed by atoms with van der Waals surface area (Å²) in [5, 5.41) is 0.144. The largest absolute Gasteiger partial charge is 0.467 e. The van der Waals surface area contributed by atoms with Gasteiger partial charge in [0.05, 0.1) is 4.70 Å². The molecule has 1 aliphatic heterocycles. The number of halogens is 4. The van der Waals surface area contributed by atoms with Crippen LogP contribution in [0.25, 0.3) is 10.2 Å². The minimum atomic E-state index is -4.33. The Morgan fingerprint density at radius 3 is 2.34 bits per heavy atom. The first-order valence-electron chi connectivity index (χ1n) is 8.62. The molecule has 2 heterocycles. The van der Waals surface area contributed by atoms with E-state index >= 15 is 0 Å². The van der Waals surface area contributed by atoms with Gasteiger partial charge in [0.2, 0.25) is 10.0 Å². The van der Waals surface area contributed by atoms with E-state index in [1.165, 1.54) is 0 Å². The predicted octanol–water partition coefficient (Wildman–Crippen LogP) is 4.08. The van der Waals surface area contributed by atoms with E-state index in [1.807, 2.05) is 0 Å². The average Bonchev–Trinajstić information content (AvgIpc) is 3.04. The first kappa shape index (κ1) is 20.0. The fraction of sp³-hybridized carbons (Fsp3) is 0.278. The molecule has 4 rings (SSSR count). The van der Waals surface area contributed by atoms with E-state index < -0.39 is 44.3 Å². The Hall–Kier alpha value is -2.24. The number of hydrogen-bond donors (Lipinski definition) is 0. The molecule has 0 saturated carbocycles. The second kappa shape index (κ2) is 7.54. The lowest BCUT2D eigenvalue weighted by Gasteiger charge is -2.30. The number of aromatic nitrogens is 1. The van der Waals surface area contributed by atoms with Crippen molar-refractivity contribution in [3.8, 4) is 5.19 Å². The van der Waals surface area contributed by atoms with Gasteiger partial charge in [0.25, 0.3) is 5.19 Å². The van der Waals surface area contributed by atoms with Gasteiger partial charge in [-0.15, -0.1) is 0 Å². The molecule has 0 bridgehead atoms. The topological polar surface area (TPSA) is 59.5 Å². The first-order chi connectivity index (χ1) is 13.8. The maximum Gasteiger partial charge on any atom is 0.274 e. The van der Waals surface area contributed by atoms with E-state index in [-0.39, 0.29) is 36.6 Å². The van der Waals surface area contributed by atoms with E-state index in [0.29, 0.717) is 4.70 Å². The van der Waals surface area contributed by atoms with Crippen molar-refractivity contribution in [1.29, 1.82) is 0 Å². The molecule has 1 saturated heterocycles. The summed E-state index contributed by atoms with van der Waals surface area (Å²) in [4.78, 5) is 3.04. The Labute approximate surface area is 167 Å². The van der Waals surface area contributed by atoms with Crippen LogP contribution in [0.2, 0.25) is 0 Å². The fourth-order valence-corrected chi connectivity index (χ4v) is 5.68. The van der Waals surface area contributed by atoms with Crippen molar-refractivity contribution >= 4 is 31.6 Å². The summed E-state index contributed by atoms with van der Waals surface area (Å²) < 4.78 is 87.0. The summed E-state index contributed by atoms with van der Waals surface area (Å²) in [5.74, 6) is -3.80. The number of thiazole rings is 1. The Balaban J connectivity index is 1.47. The monoisotopic (exact) mass is 446 g/mol. The highest BCUT2D eigenvalue weighted by molar-refractivity contribution is 7.89. The molecule has 29 heavy (non-hydrogen) atoms. The smallest absolute Gasteiger partial charge is 0.274 e. The van der Waals surface area contributed by atoms with E-state index in [2.05, 4.69) is 4.98 Å². The number of piperidine rings is 1. The van der Waals surface area contributed by atoms with Crippen LogP contribution in [0.3, 0.4) is 0 Å². The van der Waals surface area contributed by atoms with Crippen LogP contribution in [0.4, 0.5) is 17.6 Å². The molecule has 0 aliphatic carbocycles. The zero-order valence-corrected chi connectivity index (χ0v) is 16.4. The molecule has 11 heteroatoms. The summed E-state index contributed by atoms with van der Waals surface area (Å²) in [5.41, 5.74) is 0.00133. The lowest BCUT2D eigenvalue weighted by atomic mass is 10.1. The molecular formula is C18H14F4N2O3S2. The fourth-order valence-electron chi connectivity index (χ4n) is 3.18. The Kier molecular flexibility index (Phi) is 5.21. The van der Waals surface area contributed by atoms with Gasteiger partial charge in [-0.3, -0.25) is 0 Å². The lowest BCUT2D eigenvalue weighted by molar-refractivity contribution is 0.134. The average molecular weight is 446 g/mol.